The molecule has 1 aliphatic rings. The number of aryl methyl sites for hydroxylation is 1. The van der Waals surface area contributed by atoms with Gasteiger partial charge in [0.25, 0.3) is 5.91 Å². The summed E-state index contributed by atoms with van der Waals surface area (Å²) in [7, 11) is -3.63. The summed E-state index contributed by atoms with van der Waals surface area (Å²) in [6.45, 7) is 4.43. The summed E-state index contributed by atoms with van der Waals surface area (Å²) in [5, 5.41) is 2.62. The Morgan fingerprint density at radius 1 is 0.935 bits per heavy atom. The number of hydrogen-bond acceptors (Lipinski definition) is 4. The van der Waals surface area contributed by atoms with Crippen LogP contribution in [0.25, 0.3) is 6.08 Å². The summed E-state index contributed by atoms with van der Waals surface area (Å²) in [5.74, 6) is -0.664. The lowest BCUT2D eigenvalue weighted by molar-refractivity contribution is -0.129. The minimum atomic E-state index is -3.63. The Morgan fingerprint density at radius 3 is 2.26 bits per heavy atom. The third kappa shape index (κ3) is 5.80. The highest BCUT2D eigenvalue weighted by Crippen LogP contribution is 2.19. The summed E-state index contributed by atoms with van der Waals surface area (Å²) >= 11 is 0. The molecule has 8 heteroatoms. The molecule has 1 fully saturated rings. The minimum absolute atomic E-state index is 0.175. The number of nitrogens with one attached hydrogen (secondary N) is 1. The van der Waals surface area contributed by atoms with Crippen molar-refractivity contribution < 1.29 is 18.0 Å². The molecular weight excluding hydrogens is 414 g/mol. The molecule has 0 saturated carbocycles. The lowest BCUT2D eigenvalue weighted by Crippen LogP contribution is -2.40. The highest BCUT2D eigenvalue weighted by molar-refractivity contribution is 7.89. The highest BCUT2D eigenvalue weighted by Gasteiger charge is 2.29. The smallest absolute Gasteiger partial charge is 0.270 e. The predicted molar refractivity (Wildman–Crippen MR) is 119 cm³/mol. The molecule has 1 N–H and O–H groups in total. The number of benzene rings is 2. The summed E-state index contributed by atoms with van der Waals surface area (Å²) < 4.78 is 27.4. The van der Waals surface area contributed by atoms with E-state index in [1.54, 1.807) is 35.2 Å². The first-order valence-electron chi connectivity index (χ1n) is 10.2. The second kappa shape index (κ2) is 9.89. The van der Waals surface area contributed by atoms with E-state index in [9.17, 15) is 18.0 Å². The van der Waals surface area contributed by atoms with E-state index < -0.39 is 10.0 Å². The molecule has 2 aromatic carbocycles. The molecule has 164 valence electrons. The lowest BCUT2D eigenvalue weighted by atomic mass is 10.2. The van der Waals surface area contributed by atoms with Crippen molar-refractivity contribution in [1.82, 2.24) is 14.5 Å². The predicted octanol–water partition coefficient (Wildman–Crippen LogP) is 2.40. The molecule has 0 radical (unpaired) electrons. The van der Waals surface area contributed by atoms with Crippen LogP contribution in [0.5, 0.6) is 0 Å². The van der Waals surface area contributed by atoms with E-state index in [-0.39, 0.29) is 35.5 Å². The summed E-state index contributed by atoms with van der Waals surface area (Å²) in [6.07, 6.45) is 2.14. The van der Waals surface area contributed by atoms with Crippen LogP contribution in [0.3, 0.4) is 0 Å². The number of hydrogen-bond donors (Lipinski definition) is 1. The van der Waals surface area contributed by atoms with Crippen LogP contribution in [0, 0.1) is 6.92 Å². The van der Waals surface area contributed by atoms with Crippen molar-refractivity contribution in [2.45, 2.75) is 25.2 Å². The van der Waals surface area contributed by atoms with Crippen molar-refractivity contribution >= 4 is 27.9 Å². The molecule has 1 aliphatic heterocycles. The first-order chi connectivity index (χ1) is 14.8. The van der Waals surface area contributed by atoms with E-state index in [1.165, 1.54) is 11.2 Å². The summed E-state index contributed by atoms with van der Waals surface area (Å²) in [5.41, 5.74) is 1.95. The van der Waals surface area contributed by atoms with Crippen LogP contribution in [0.2, 0.25) is 0 Å². The number of rotatable bonds is 5. The van der Waals surface area contributed by atoms with E-state index in [4.69, 9.17) is 0 Å². The Kier molecular flexibility index (Phi) is 7.25. The molecule has 3 rings (SSSR count). The SMILES string of the molecule is CC(=O)NC(=Cc1ccccc1)C(=O)N1CCCN(S(=O)(=O)c2ccc(C)cc2)CC1. The molecule has 0 aliphatic carbocycles. The average Bonchev–Trinajstić information content (AvgIpc) is 3.00. The number of nitrogens with zero attached hydrogens (tertiary/aromatic N) is 2. The van der Waals surface area contributed by atoms with E-state index in [0.717, 1.165) is 11.1 Å². The van der Waals surface area contributed by atoms with E-state index in [2.05, 4.69) is 5.32 Å². The topological polar surface area (TPSA) is 86.8 Å². The zero-order valence-electron chi connectivity index (χ0n) is 17.7. The van der Waals surface area contributed by atoms with Crippen LogP contribution < -0.4 is 5.32 Å². The van der Waals surface area contributed by atoms with Gasteiger partial charge in [-0.05, 0) is 37.1 Å². The van der Waals surface area contributed by atoms with E-state index in [1.807, 2.05) is 37.3 Å². The zero-order chi connectivity index (χ0) is 22.4. The molecule has 2 aromatic rings. The van der Waals surface area contributed by atoms with Crippen molar-refractivity contribution in [3.8, 4) is 0 Å². The van der Waals surface area contributed by atoms with Crippen molar-refractivity contribution in [3.05, 3.63) is 71.4 Å². The Bertz CT molecular complexity index is 1060. The average molecular weight is 442 g/mol. The third-order valence-corrected chi connectivity index (χ3v) is 6.97. The van der Waals surface area contributed by atoms with Gasteiger partial charge in [0.2, 0.25) is 15.9 Å². The minimum Gasteiger partial charge on any atom is -0.336 e. The Balaban J connectivity index is 1.76. The molecule has 7 nitrogen and oxygen atoms in total. The van der Waals surface area contributed by atoms with Gasteiger partial charge in [-0.1, -0.05) is 48.0 Å². The molecule has 0 unspecified atom stereocenters. The molecule has 1 saturated heterocycles. The molecule has 0 bridgehead atoms. The second-order valence-electron chi connectivity index (χ2n) is 7.51. The molecule has 0 aromatic heterocycles. The van der Waals surface area contributed by atoms with Crippen LogP contribution in [0.1, 0.15) is 24.5 Å². The largest absolute Gasteiger partial charge is 0.336 e. The highest BCUT2D eigenvalue weighted by atomic mass is 32.2. The molecular formula is C23H27N3O4S. The maximum atomic E-state index is 13.1. The van der Waals surface area contributed by atoms with Gasteiger partial charge in [0.1, 0.15) is 5.70 Å². The number of sulfonamides is 1. The van der Waals surface area contributed by atoms with E-state index in [0.29, 0.717) is 19.5 Å². The van der Waals surface area contributed by atoms with Crippen LogP contribution in [-0.2, 0) is 19.6 Å². The van der Waals surface area contributed by atoms with Gasteiger partial charge in [-0.2, -0.15) is 4.31 Å². The maximum absolute atomic E-state index is 13.1. The van der Waals surface area contributed by atoms with Gasteiger partial charge in [0.15, 0.2) is 0 Å². The Hall–Kier alpha value is -2.97. The van der Waals surface area contributed by atoms with Gasteiger partial charge in [0.05, 0.1) is 4.90 Å². The van der Waals surface area contributed by atoms with Crippen LogP contribution in [-0.4, -0.2) is 55.6 Å². The fourth-order valence-corrected chi connectivity index (χ4v) is 4.89. The number of amides is 2. The first-order valence-corrected chi connectivity index (χ1v) is 11.6. The molecule has 0 atom stereocenters. The fraction of sp³-hybridized carbons (Fsp3) is 0.304. The molecule has 31 heavy (non-hydrogen) atoms. The molecule has 0 spiro atoms. The maximum Gasteiger partial charge on any atom is 0.270 e. The van der Waals surface area contributed by atoms with Gasteiger partial charge in [0, 0.05) is 33.1 Å². The normalized spacial score (nSPS) is 15.9. The second-order valence-corrected chi connectivity index (χ2v) is 9.45. The van der Waals surface area contributed by atoms with Crippen molar-refractivity contribution in [2.24, 2.45) is 0 Å². The monoisotopic (exact) mass is 441 g/mol. The van der Waals surface area contributed by atoms with Crippen LogP contribution in [0.15, 0.2) is 65.2 Å². The third-order valence-electron chi connectivity index (χ3n) is 5.05. The molecule has 1 heterocycles. The van der Waals surface area contributed by atoms with Gasteiger partial charge in [-0.25, -0.2) is 8.42 Å². The Labute approximate surface area is 183 Å². The molecule has 2 amide bonds. The fourth-order valence-electron chi connectivity index (χ4n) is 3.42. The Morgan fingerprint density at radius 2 is 1.61 bits per heavy atom. The first kappa shape index (κ1) is 22.7. The van der Waals surface area contributed by atoms with Gasteiger partial charge in [-0.15, -0.1) is 0 Å². The summed E-state index contributed by atoms with van der Waals surface area (Å²) in [4.78, 5) is 26.6. The lowest BCUT2D eigenvalue weighted by Gasteiger charge is -2.23. The number of carbonyl (C=O) groups is 2. The zero-order valence-corrected chi connectivity index (χ0v) is 18.6. The van der Waals surface area contributed by atoms with Crippen molar-refractivity contribution in [2.75, 3.05) is 26.2 Å². The van der Waals surface area contributed by atoms with Crippen molar-refractivity contribution in [3.63, 3.8) is 0 Å². The van der Waals surface area contributed by atoms with Gasteiger partial charge < -0.3 is 10.2 Å². The van der Waals surface area contributed by atoms with Crippen LogP contribution in [0.4, 0.5) is 0 Å². The number of carbonyl (C=O) groups excluding carboxylic acids is 2. The van der Waals surface area contributed by atoms with Gasteiger partial charge >= 0.3 is 0 Å². The quantitative estimate of drug-likeness (QED) is 0.722. The standard InChI is InChI=1S/C23H27N3O4S/c1-18-9-11-21(12-10-18)31(29,30)26-14-6-13-25(15-16-26)23(28)22(24-19(2)27)17-20-7-4-3-5-8-20/h3-5,7-12,17H,6,13-16H2,1-2H3,(H,24,27). The van der Waals surface area contributed by atoms with E-state index >= 15 is 0 Å². The van der Waals surface area contributed by atoms with Crippen molar-refractivity contribution in [1.29, 1.82) is 0 Å². The van der Waals surface area contributed by atoms with Crippen LogP contribution >= 0.6 is 0 Å². The summed E-state index contributed by atoms with van der Waals surface area (Å²) in [6, 6.07) is 16.0. The van der Waals surface area contributed by atoms with Gasteiger partial charge in [-0.3, -0.25) is 9.59 Å².